The molecule has 3 nitrogen and oxygen atoms in total. The first-order chi connectivity index (χ1) is 10.1. The van der Waals surface area contributed by atoms with Crippen LogP contribution in [0.3, 0.4) is 0 Å². The Bertz CT molecular complexity index is 421. The molecule has 0 amide bonds. The quantitative estimate of drug-likeness (QED) is 0.462. The lowest BCUT2D eigenvalue weighted by Gasteiger charge is -2.11. The second kappa shape index (κ2) is 10.7. The van der Waals surface area contributed by atoms with Gasteiger partial charge in [-0.2, -0.15) is 0 Å². The topological polar surface area (TPSA) is 30.3 Å². The zero-order valence-electron chi connectivity index (χ0n) is 13.3. The Morgan fingerprint density at radius 1 is 1.29 bits per heavy atom. The molecule has 0 bridgehead atoms. The van der Waals surface area contributed by atoms with Crippen LogP contribution in [0.4, 0.5) is 0 Å². The highest BCUT2D eigenvalue weighted by Crippen LogP contribution is 2.23. The summed E-state index contributed by atoms with van der Waals surface area (Å²) in [7, 11) is 4.38. The predicted octanol–water partition coefficient (Wildman–Crippen LogP) is 0.935. The van der Waals surface area contributed by atoms with E-state index in [1.54, 1.807) is 0 Å². The second-order valence-corrected chi connectivity index (χ2v) is 6.06. The number of ether oxygens (including phenoxy) is 1. The minimum absolute atomic E-state index is 0.747. The standard InChI is InChI=1S/C17H27ClN2O/c1-4-7-15-14-16(18)8-9-17(15)21-13-6-5-10-19-11-12-20(2)3/h4,8-9,14,19H,1,5-7,10-13H2,2-3H3/p+2. The Balaban J connectivity index is 2.19. The Hall–Kier alpha value is -1.03. The molecule has 0 heterocycles. The van der Waals surface area contributed by atoms with Crippen molar-refractivity contribution in [1.82, 2.24) is 0 Å². The fourth-order valence-corrected chi connectivity index (χ4v) is 2.31. The molecule has 0 aromatic heterocycles. The van der Waals surface area contributed by atoms with Crippen molar-refractivity contribution >= 4 is 11.6 Å². The number of hydrogen-bond donors (Lipinski definition) is 2. The molecule has 0 radical (unpaired) electrons. The molecule has 4 heteroatoms. The predicted molar refractivity (Wildman–Crippen MR) is 89.4 cm³/mol. The van der Waals surface area contributed by atoms with Crippen molar-refractivity contribution in [3.05, 3.63) is 41.4 Å². The van der Waals surface area contributed by atoms with Gasteiger partial charge in [0, 0.05) is 5.02 Å². The van der Waals surface area contributed by atoms with Crippen molar-refractivity contribution in [2.45, 2.75) is 19.3 Å². The fourth-order valence-electron chi connectivity index (χ4n) is 2.11. The summed E-state index contributed by atoms with van der Waals surface area (Å²) >= 11 is 6.01. The van der Waals surface area contributed by atoms with Gasteiger partial charge in [0.1, 0.15) is 18.8 Å². The van der Waals surface area contributed by atoms with E-state index < -0.39 is 0 Å². The number of hydrogen-bond acceptors (Lipinski definition) is 1. The van der Waals surface area contributed by atoms with Crippen molar-refractivity contribution in [2.24, 2.45) is 0 Å². The van der Waals surface area contributed by atoms with Gasteiger partial charge in [-0.3, -0.25) is 0 Å². The number of quaternary nitrogens is 2. The van der Waals surface area contributed by atoms with Gasteiger partial charge in [0.25, 0.3) is 0 Å². The van der Waals surface area contributed by atoms with Gasteiger partial charge in [-0.05, 0) is 43.0 Å². The van der Waals surface area contributed by atoms with Gasteiger partial charge in [0.2, 0.25) is 0 Å². The van der Waals surface area contributed by atoms with E-state index in [2.05, 4.69) is 26.0 Å². The van der Waals surface area contributed by atoms with Gasteiger partial charge in [-0.15, -0.1) is 6.58 Å². The highest BCUT2D eigenvalue weighted by Gasteiger charge is 2.03. The largest absolute Gasteiger partial charge is 0.493 e. The molecule has 0 aliphatic heterocycles. The molecule has 0 spiro atoms. The number of halogens is 1. The average Bonchev–Trinajstić information content (AvgIpc) is 2.44. The molecule has 0 aliphatic rings. The summed E-state index contributed by atoms with van der Waals surface area (Å²) in [5.74, 6) is 0.930. The van der Waals surface area contributed by atoms with Gasteiger partial charge in [0.05, 0.1) is 27.2 Å². The molecule has 3 N–H and O–H groups in total. The number of benzene rings is 1. The Morgan fingerprint density at radius 3 is 2.81 bits per heavy atom. The molecule has 0 atom stereocenters. The minimum Gasteiger partial charge on any atom is -0.493 e. The van der Waals surface area contributed by atoms with Gasteiger partial charge < -0.3 is 15.0 Å². The van der Waals surface area contributed by atoms with Gasteiger partial charge >= 0.3 is 0 Å². The highest BCUT2D eigenvalue weighted by atomic mass is 35.5. The van der Waals surface area contributed by atoms with E-state index in [0.29, 0.717) is 0 Å². The van der Waals surface area contributed by atoms with Crippen LogP contribution in [-0.4, -0.2) is 40.3 Å². The maximum absolute atomic E-state index is 6.01. The third-order valence-electron chi connectivity index (χ3n) is 3.30. The van der Waals surface area contributed by atoms with Gasteiger partial charge in [-0.25, -0.2) is 0 Å². The summed E-state index contributed by atoms with van der Waals surface area (Å²) < 4.78 is 5.87. The maximum Gasteiger partial charge on any atom is 0.126 e. The van der Waals surface area contributed by atoms with Crippen LogP contribution in [0.5, 0.6) is 5.75 Å². The lowest BCUT2D eigenvalue weighted by molar-refractivity contribution is -0.874. The first-order valence-corrected chi connectivity index (χ1v) is 8.14. The number of unbranched alkanes of at least 4 members (excludes halogenated alkanes) is 1. The number of nitrogens with one attached hydrogen (secondary N) is 1. The van der Waals surface area contributed by atoms with Crippen LogP contribution >= 0.6 is 11.6 Å². The summed E-state index contributed by atoms with van der Waals surface area (Å²) in [4.78, 5) is 1.51. The Labute approximate surface area is 133 Å². The lowest BCUT2D eigenvalue weighted by Crippen LogP contribution is -3.09. The van der Waals surface area contributed by atoms with Crippen molar-refractivity contribution in [3.8, 4) is 5.75 Å². The van der Waals surface area contributed by atoms with Crippen LogP contribution in [-0.2, 0) is 6.42 Å². The monoisotopic (exact) mass is 312 g/mol. The highest BCUT2D eigenvalue weighted by molar-refractivity contribution is 6.30. The van der Waals surface area contributed by atoms with Crippen molar-refractivity contribution in [1.29, 1.82) is 0 Å². The molecule has 0 aliphatic carbocycles. The first-order valence-electron chi connectivity index (χ1n) is 7.76. The summed E-state index contributed by atoms with van der Waals surface area (Å²) in [6.07, 6.45) is 4.94. The van der Waals surface area contributed by atoms with Crippen LogP contribution in [0, 0.1) is 0 Å². The maximum atomic E-state index is 6.01. The smallest absolute Gasteiger partial charge is 0.126 e. The molecule has 0 fully saturated rings. The van der Waals surface area contributed by atoms with E-state index in [1.165, 1.54) is 31.0 Å². The van der Waals surface area contributed by atoms with E-state index in [4.69, 9.17) is 16.3 Å². The van der Waals surface area contributed by atoms with Crippen molar-refractivity contribution in [3.63, 3.8) is 0 Å². The van der Waals surface area contributed by atoms with E-state index in [1.807, 2.05) is 24.3 Å². The molecular formula is C17H29ClN2O+2. The van der Waals surface area contributed by atoms with Crippen LogP contribution in [0.2, 0.25) is 5.02 Å². The zero-order chi connectivity index (χ0) is 15.5. The summed E-state index contributed by atoms with van der Waals surface area (Å²) in [5.41, 5.74) is 1.11. The van der Waals surface area contributed by atoms with Crippen molar-refractivity contribution < 1.29 is 15.0 Å². The van der Waals surface area contributed by atoms with Gasteiger partial charge in [0.15, 0.2) is 0 Å². The van der Waals surface area contributed by atoms with Crippen LogP contribution < -0.4 is 15.0 Å². The second-order valence-electron chi connectivity index (χ2n) is 5.62. The normalized spacial score (nSPS) is 10.9. The molecular weight excluding hydrogens is 284 g/mol. The van der Waals surface area contributed by atoms with E-state index >= 15 is 0 Å². The number of rotatable bonds is 11. The number of nitrogens with two attached hydrogens (primary N) is 1. The Kier molecular flexibility index (Phi) is 9.15. The van der Waals surface area contributed by atoms with Crippen molar-refractivity contribution in [2.75, 3.05) is 40.3 Å². The third kappa shape index (κ3) is 8.10. The zero-order valence-corrected chi connectivity index (χ0v) is 14.1. The number of allylic oxidation sites excluding steroid dienone is 1. The summed E-state index contributed by atoms with van der Waals surface area (Å²) in [5, 5.41) is 3.13. The van der Waals surface area contributed by atoms with Crippen LogP contribution in [0.15, 0.2) is 30.9 Å². The van der Waals surface area contributed by atoms with E-state index in [9.17, 15) is 0 Å². The van der Waals surface area contributed by atoms with Crippen LogP contribution in [0.25, 0.3) is 0 Å². The molecule has 0 saturated carbocycles. The molecule has 1 aromatic rings. The van der Waals surface area contributed by atoms with E-state index in [-0.39, 0.29) is 0 Å². The molecule has 118 valence electrons. The molecule has 0 saturated heterocycles. The Morgan fingerprint density at radius 2 is 2.10 bits per heavy atom. The summed E-state index contributed by atoms with van der Waals surface area (Å²) in [6, 6.07) is 5.78. The molecule has 1 aromatic carbocycles. The molecule has 1 rings (SSSR count). The SMILES string of the molecule is C=CCc1cc(Cl)ccc1OCCCC[NH2+]CC[NH+](C)C. The van der Waals surface area contributed by atoms with Gasteiger partial charge in [-0.1, -0.05) is 17.7 Å². The average molecular weight is 313 g/mol. The lowest BCUT2D eigenvalue weighted by atomic mass is 10.1. The molecule has 21 heavy (non-hydrogen) atoms. The number of likely N-dealkylation sites (N-methyl/N-ethyl adjacent to an activating group) is 1. The van der Waals surface area contributed by atoms with Crippen LogP contribution in [0.1, 0.15) is 18.4 Å². The minimum atomic E-state index is 0.747. The third-order valence-corrected chi connectivity index (χ3v) is 3.53. The first kappa shape index (κ1) is 18.0. The fraction of sp³-hybridized carbons (Fsp3) is 0.529. The summed E-state index contributed by atoms with van der Waals surface area (Å²) in [6.45, 7) is 8.13. The molecule has 0 unspecified atom stereocenters. The van der Waals surface area contributed by atoms with E-state index in [0.717, 1.165) is 35.8 Å².